The minimum absolute atomic E-state index is 0.397. The van der Waals surface area contributed by atoms with Crippen LogP contribution in [0.25, 0.3) is 0 Å². The molecule has 0 radical (unpaired) electrons. The average molecular weight is 348 g/mol. The summed E-state index contributed by atoms with van der Waals surface area (Å²) in [5.74, 6) is -0.832. The third-order valence-electron chi connectivity index (χ3n) is 4.63. The molecule has 2 aliphatic rings. The zero-order valence-electron chi connectivity index (χ0n) is 14.1. The second-order valence-corrected chi connectivity index (χ2v) is 6.27. The van der Waals surface area contributed by atoms with Crippen LogP contribution >= 0.6 is 0 Å². The van der Waals surface area contributed by atoms with Crippen LogP contribution in [0.15, 0.2) is 30.3 Å². The predicted molar refractivity (Wildman–Crippen MR) is 91.4 cm³/mol. The molecule has 2 fully saturated rings. The van der Waals surface area contributed by atoms with E-state index in [-0.39, 0.29) is 0 Å². The van der Waals surface area contributed by atoms with Crippen molar-refractivity contribution in [2.24, 2.45) is 0 Å². The van der Waals surface area contributed by atoms with Gasteiger partial charge in [-0.25, -0.2) is 9.59 Å². The van der Waals surface area contributed by atoms with E-state index >= 15 is 0 Å². The summed E-state index contributed by atoms with van der Waals surface area (Å²) in [6.07, 6.45) is -0.273. The van der Waals surface area contributed by atoms with Crippen molar-refractivity contribution in [1.29, 1.82) is 0 Å². The van der Waals surface area contributed by atoms with Gasteiger partial charge in [0.2, 0.25) is 0 Å². The highest BCUT2D eigenvalue weighted by Crippen LogP contribution is 2.13. The Labute approximate surface area is 146 Å². The molecule has 2 unspecified atom stereocenters. The molecule has 0 bridgehead atoms. The normalized spacial score (nSPS) is 22.4. The number of rotatable bonds is 5. The van der Waals surface area contributed by atoms with E-state index in [2.05, 4.69) is 15.5 Å². The van der Waals surface area contributed by atoms with Crippen molar-refractivity contribution >= 4 is 12.0 Å². The van der Waals surface area contributed by atoms with E-state index in [1.54, 1.807) is 35.2 Å². The summed E-state index contributed by atoms with van der Waals surface area (Å²) in [5.41, 5.74) is 0. The molecule has 2 aliphatic heterocycles. The van der Waals surface area contributed by atoms with Crippen LogP contribution in [0.4, 0.5) is 4.79 Å². The molecule has 0 aliphatic carbocycles. The van der Waals surface area contributed by atoms with E-state index < -0.39 is 18.2 Å². The first-order valence-corrected chi connectivity index (χ1v) is 8.58. The van der Waals surface area contributed by atoms with Crippen molar-refractivity contribution in [1.82, 2.24) is 20.4 Å². The van der Waals surface area contributed by atoms with Gasteiger partial charge in [-0.3, -0.25) is 10.2 Å². The highest BCUT2D eigenvalue weighted by atomic mass is 16.5. The molecule has 0 aromatic heterocycles. The van der Waals surface area contributed by atoms with Crippen molar-refractivity contribution in [3.63, 3.8) is 0 Å². The van der Waals surface area contributed by atoms with Gasteiger partial charge >= 0.3 is 12.0 Å². The van der Waals surface area contributed by atoms with Crippen LogP contribution in [0, 0.1) is 0 Å². The maximum atomic E-state index is 12.4. The lowest BCUT2D eigenvalue weighted by Crippen LogP contribution is -2.57. The summed E-state index contributed by atoms with van der Waals surface area (Å²) in [4.78, 5) is 27.8. The summed E-state index contributed by atoms with van der Waals surface area (Å²) >= 11 is 0. The molecule has 3 rings (SSSR count). The van der Waals surface area contributed by atoms with Gasteiger partial charge in [0.05, 0.1) is 0 Å². The lowest BCUT2D eigenvalue weighted by Gasteiger charge is -2.38. The lowest BCUT2D eigenvalue weighted by molar-refractivity contribution is -0.146. The summed E-state index contributed by atoms with van der Waals surface area (Å²) in [5, 5.41) is 15.1. The molecule has 2 atom stereocenters. The maximum absolute atomic E-state index is 12.4. The number of ether oxygens (including phenoxy) is 1. The van der Waals surface area contributed by atoms with Crippen LogP contribution in [-0.2, 0) is 4.79 Å². The monoisotopic (exact) mass is 348 g/mol. The third-order valence-corrected chi connectivity index (χ3v) is 4.63. The number of nitrogens with one attached hydrogen (secondary N) is 2. The maximum Gasteiger partial charge on any atom is 0.366 e. The minimum Gasteiger partial charge on any atom is -0.477 e. The molecule has 0 spiro atoms. The molecule has 3 N–H and O–H groups in total. The molecule has 2 saturated heterocycles. The number of aliphatic carboxylic acids is 1. The number of urea groups is 1. The van der Waals surface area contributed by atoms with Crippen LogP contribution in [-0.4, -0.2) is 78.4 Å². The number of carbonyl (C=O) groups excluding carboxylic acids is 1. The van der Waals surface area contributed by atoms with E-state index in [1.807, 2.05) is 0 Å². The van der Waals surface area contributed by atoms with Gasteiger partial charge in [-0.1, -0.05) is 18.2 Å². The Bertz CT molecular complexity index is 584. The molecule has 2 amide bonds. The Morgan fingerprint density at radius 1 is 1.20 bits per heavy atom. The van der Waals surface area contributed by atoms with Crippen molar-refractivity contribution in [2.45, 2.75) is 18.7 Å². The van der Waals surface area contributed by atoms with Crippen LogP contribution in [0.3, 0.4) is 0 Å². The van der Waals surface area contributed by atoms with Crippen LogP contribution < -0.4 is 15.4 Å². The molecule has 25 heavy (non-hydrogen) atoms. The van der Waals surface area contributed by atoms with Gasteiger partial charge < -0.3 is 20.1 Å². The Morgan fingerprint density at radius 3 is 2.52 bits per heavy atom. The molecule has 1 aromatic carbocycles. The number of amides is 2. The highest BCUT2D eigenvalue weighted by molar-refractivity contribution is 5.81. The van der Waals surface area contributed by atoms with Crippen molar-refractivity contribution in [2.75, 3.05) is 39.3 Å². The Morgan fingerprint density at radius 2 is 1.92 bits per heavy atom. The quantitative estimate of drug-likeness (QED) is 0.657. The Balaban J connectivity index is 1.50. The Kier molecular flexibility index (Phi) is 5.72. The highest BCUT2D eigenvalue weighted by Gasteiger charge is 2.30. The number of carboxylic acid groups (broad SMARTS) is 1. The van der Waals surface area contributed by atoms with Crippen molar-refractivity contribution in [3.8, 4) is 5.75 Å². The molecule has 2 heterocycles. The first-order valence-electron chi connectivity index (χ1n) is 8.58. The summed E-state index contributed by atoms with van der Waals surface area (Å²) < 4.78 is 5.36. The number of benzene rings is 1. The number of hydrogen-bond acceptors (Lipinski definition) is 5. The van der Waals surface area contributed by atoms with Gasteiger partial charge in [-0.15, -0.1) is 0 Å². The van der Waals surface area contributed by atoms with Crippen LogP contribution in [0.5, 0.6) is 5.75 Å². The molecule has 136 valence electrons. The van der Waals surface area contributed by atoms with Crippen LogP contribution in [0.2, 0.25) is 0 Å². The largest absolute Gasteiger partial charge is 0.477 e. The fourth-order valence-electron chi connectivity index (χ4n) is 3.22. The van der Waals surface area contributed by atoms with Crippen molar-refractivity contribution in [3.05, 3.63) is 30.3 Å². The van der Waals surface area contributed by atoms with E-state index in [9.17, 15) is 14.7 Å². The van der Waals surface area contributed by atoms with Gasteiger partial charge in [0, 0.05) is 38.8 Å². The van der Waals surface area contributed by atoms with Gasteiger partial charge in [-0.05, 0) is 25.1 Å². The van der Waals surface area contributed by atoms with E-state index in [4.69, 9.17) is 4.74 Å². The van der Waals surface area contributed by atoms with E-state index in [0.717, 1.165) is 32.6 Å². The smallest absolute Gasteiger partial charge is 0.366 e. The summed E-state index contributed by atoms with van der Waals surface area (Å²) in [6, 6.07) is 8.72. The molecular formula is C17H24N4O4. The average Bonchev–Trinajstić information content (AvgIpc) is 3.16. The number of carbonyl (C=O) groups is 2. The Hall–Kier alpha value is -2.32. The van der Waals surface area contributed by atoms with Gasteiger partial charge in [0.1, 0.15) is 5.75 Å². The molecule has 8 heteroatoms. The van der Waals surface area contributed by atoms with Gasteiger partial charge in [0.25, 0.3) is 6.23 Å². The fraction of sp³-hybridized carbons (Fsp3) is 0.529. The summed E-state index contributed by atoms with van der Waals surface area (Å²) in [7, 11) is 0. The van der Waals surface area contributed by atoms with E-state index in [0.29, 0.717) is 24.9 Å². The number of piperazine rings is 1. The first-order chi connectivity index (χ1) is 12.1. The molecule has 1 aromatic rings. The predicted octanol–water partition coefficient (Wildman–Crippen LogP) is 0.165. The first kappa shape index (κ1) is 17.5. The fourth-order valence-corrected chi connectivity index (χ4v) is 3.22. The second kappa shape index (κ2) is 8.17. The molecular weight excluding hydrogens is 324 g/mol. The van der Waals surface area contributed by atoms with Gasteiger partial charge in [-0.2, -0.15) is 0 Å². The molecule has 0 saturated carbocycles. The van der Waals surface area contributed by atoms with Crippen molar-refractivity contribution < 1.29 is 19.4 Å². The topological polar surface area (TPSA) is 94.1 Å². The summed E-state index contributed by atoms with van der Waals surface area (Å²) in [6.45, 7) is 4.81. The number of para-hydroxylation sites is 1. The number of hydrogen-bond donors (Lipinski definition) is 3. The second-order valence-electron chi connectivity index (χ2n) is 6.27. The molecule has 8 nitrogen and oxygen atoms in total. The minimum atomic E-state index is -1.41. The zero-order valence-corrected chi connectivity index (χ0v) is 14.1. The van der Waals surface area contributed by atoms with E-state index in [1.165, 1.54) is 0 Å². The number of carboxylic acids is 1. The SMILES string of the molecule is O=C(O)C(NC(=O)N1CCN(C2CCNC2)CC1)Oc1ccccc1. The van der Waals surface area contributed by atoms with Crippen LogP contribution in [0.1, 0.15) is 6.42 Å². The van der Waals surface area contributed by atoms with Gasteiger partial charge in [0.15, 0.2) is 0 Å². The zero-order chi connectivity index (χ0) is 17.6. The standard InChI is InChI=1S/C17H24N4O4/c22-16(23)15(25-14-4-2-1-3-5-14)19-17(24)21-10-8-20(9-11-21)13-6-7-18-12-13/h1-5,13,15,18H,6-12H2,(H,19,24)(H,22,23). The lowest BCUT2D eigenvalue weighted by atomic mass is 10.2. The third kappa shape index (κ3) is 4.61. The number of nitrogens with zero attached hydrogens (tertiary/aromatic N) is 2.